The first-order chi connectivity index (χ1) is 12.0. The predicted octanol–water partition coefficient (Wildman–Crippen LogP) is 0.531. The van der Waals surface area contributed by atoms with E-state index in [1.807, 2.05) is 40.1 Å². The molecule has 2 fully saturated rings. The molecule has 6 heteroatoms. The molecule has 3 N–H and O–H groups in total. The molecule has 0 saturated carbocycles. The van der Waals surface area contributed by atoms with Crippen LogP contribution in [0.2, 0.25) is 0 Å². The summed E-state index contributed by atoms with van der Waals surface area (Å²) >= 11 is 0. The van der Waals surface area contributed by atoms with E-state index in [0.717, 1.165) is 19.3 Å². The second-order valence-corrected chi connectivity index (χ2v) is 7.10. The lowest BCUT2D eigenvalue weighted by atomic mass is 10.0. The van der Waals surface area contributed by atoms with E-state index in [0.29, 0.717) is 32.5 Å². The number of primary amides is 1. The topological polar surface area (TPSA) is 86.9 Å². The van der Waals surface area contributed by atoms with Gasteiger partial charge in [0.05, 0.1) is 12.1 Å². The first-order valence-corrected chi connectivity index (χ1v) is 9.09. The van der Waals surface area contributed by atoms with Crippen molar-refractivity contribution in [2.45, 2.75) is 50.3 Å². The number of aliphatic hydroxyl groups is 1. The van der Waals surface area contributed by atoms with Crippen molar-refractivity contribution >= 4 is 11.8 Å². The Morgan fingerprint density at radius 1 is 1.16 bits per heavy atom. The van der Waals surface area contributed by atoms with Crippen molar-refractivity contribution in [3.05, 3.63) is 35.9 Å². The number of hydrogen-bond acceptors (Lipinski definition) is 4. The van der Waals surface area contributed by atoms with Crippen LogP contribution in [0.15, 0.2) is 30.3 Å². The highest BCUT2D eigenvalue weighted by molar-refractivity contribution is 5.80. The fourth-order valence-corrected chi connectivity index (χ4v) is 4.02. The number of likely N-dealkylation sites (tertiary alicyclic amines) is 2. The summed E-state index contributed by atoms with van der Waals surface area (Å²) in [7, 11) is 0. The lowest BCUT2D eigenvalue weighted by Crippen LogP contribution is -2.51. The van der Waals surface area contributed by atoms with Gasteiger partial charge in [-0.25, -0.2) is 0 Å². The molecule has 25 heavy (non-hydrogen) atoms. The van der Waals surface area contributed by atoms with Crippen LogP contribution in [0.4, 0.5) is 0 Å². The summed E-state index contributed by atoms with van der Waals surface area (Å²) < 4.78 is 0. The van der Waals surface area contributed by atoms with E-state index in [4.69, 9.17) is 5.73 Å². The number of piperidine rings is 1. The molecule has 0 aromatic heterocycles. The summed E-state index contributed by atoms with van der Waals surface area (Å²) in [5.41, 5.74) is 6.65. The van der Waals surface area contributed by atoms with Crippen molar-refractivity contribution in [2.24, 2.45) is 5.73 Å². The molecule has 136 valence electrons. The predicted molar refractivity (Wildman–Crippen MR) is 94.7 cm³/mol. The Balaban J connectivity index is 1.48. The molecule has 1 aromatic rings. The van der Waals surface area contributed by atoms with Gasteiger partial charge < -0.3 is 15.7 Å². The van der Waals surface area contributed by atoms with E-state index in [2.05, 4.69) is 0 Å². The SMILES string of the molecule is NC(=O)[C@@H]1C[C@@H](O)CN1C1CCN(C(=O)CCc2ccccc2)CC1. The normalized spacial score (nSPS) is 25.2. The van der Waals surface area contributed by atoms with Gasteiger partial charge in [-0.3, -0.25) is 14.5 Å². The molecule has 2 atom stereocenters. The molecule has 0 aliphatic carbocycles. The molecular formula is C19H27N3O3. The third-order valence-electron chi connectivity index (χ3n) is 5.40. The van der Waals surface area contributed by atoms with E-state index in [1.54, 1.807) is 0 Å². The van der Waals surface area contributed by atoms with Crippen molar-refractivity contribution in [3.63, 3.8) is 0 Å². The summed E-state index contributed by atoms with van der Waals surface area (Å²) in [5, 5.41) is 9.85. The molecule has 2 saturated heterocycles. The molecule has 0 radical (unpaired) electrons. The van der Waals surface area contributed by atoms with Gasteiger partial charge in [-0.05, 0) is 31.2 Å². The van der Waals surface area contributed by atoms with E-state index in [-0.39, 0.29) is 23.9 Å². The van der Waals surface area contributed by atoms with Crippen molar-refractivity contribution in [1.82, 2.24) is 9.80 Å². The molecular weight excluding hydrogens is 318 g/mol. The first-order valence-electron chi connectivity index (χ1n) is 9.09. The average molecular weight is 345 g/mol. The van der Waals surface area contributed by atoms with Crippen LogP contribution in [0.3, 0.4) is 0 Å². The van der Waals surface area contributed by atoms with Crippen LogP contribution < -0.4 is 5.73 Å². The van der Waals surface area contributed by atoms with Gasteiger partial charge in [0.2, 0.25) is 11.8 Å². The van der Waals surface area contributed by atoms with Crippen LogP contribution >= 0.6 is 0 Å². The number of rotatable bonds is 5. The smallest absolute Gasteiger partial charge is 0.234 e. The number of amides is 2. The van der Waals surface area contributed by atoms with Gasteiger partial charge >= 0.3 is 0 Å². The van der Waals surface area contributed by atoms with E-state index in [1.165, 1.54) is 5.56 Å². The van der Waals surface area contributed by atoms with Crippen LogP contribution in [-0.2, 0) is 16.0 Å². The van der Waals surface area contributed by atoms with Gasteiger partial charge in [0.15, 0.2) is 0 Å². The highest BCUT2D eigenvalue weighted by Gasteiger charge is 2.39. The monoisotopic (exact) mass is 345 g/mol. The zero-order chi connectivity index (χ0) is 17.8. The Morgan fingerprint density at radius 3 is 2.48 bits per heavy atom. The summed E-state index contributed by atoms with van der Waals surface area (Å²) in [6.45, 7) is 1.91. The fraction of sp³-hybridized carbons (Fsp3) is 0.579. The molecule has 2 aliphatic heterocycles. The maximum atomic E-state index is 12.4. The minimum Gasteiger partial charge on any atom is -0.392 e. The summed E-state index contributed by atoms with van der Waals surface area (Å²) in [6.07, 6.45) is 2.89. The Kier molecular flexibility index (Phi) is 5.71. The molecule has 2 amide bonds. The van der Waals surface area contributed by atoms with E-state index >= 15 is 0 Å². The zero-order valence-electron chi connectivity index (χ0n) is 14.5. The van der Waals surface area contributed by atoms with Crippen LogP contribution in [0, 0.1) is 0 Å². The molecule has 3 rings (SSSR count). The zero-order valence-corrected chi connectivity index (χ0v) is 14.5. The number of carbonyl (C=O) groups is 2. The number of aliphatic hydroxyl groups excluding tert-OH is 1. The van der Waals surface area contributed by atoms with Crippen molar-refractivity contribution in [3.8, 4) is 0 Å². The van der Waals surface area contributed by atoms with Crippen molar-refractivity contribution in [2.75, 3.05) is 19.6 Å². The van der Waals surface area contributed by atoms with E-state index < -0.39 is 6.10 Å². The number of carbonyl (C=O) groups excluding carboxylic acids is 2. The number of aryl methyl sites for hydroxylation is 1. The number of nitrogens with two attached hydrogens (primary N) is 1. The molecule has 0 spiro atoms. The number of benzene rings is 1. The molecule has 0 bridgehead atoms. The van der Waals surface area contributed by atoms with Gasteiger partial charge in [-0.2, -0.15) is 0 Å². The quantitative estimate of drug-likeness (QED) is 0.815. The fourth-order valence-electron chi connectivity index (χ4n) is 4.02. The Labute approximate surface area is 148 Å². The summed E-state index contributed by atoms with van der Waals surface area (Å²) in [6, 6.07) is 9.89. The Morgan fingerprint density at radius 2 is 1.84 bits per heavy atom. The van der Waals surface area contributed by atoms with Crippen molar-refractivity contribution < 1.29 is 14.7 Å². The highest BCUT2D eigenvalue weighted by Crippen LogP contribution is 2.26. The van der Waals surface area contributed by atoms with Crippen LogP contribution in [0.5, 0.6) is 0 Å². The first kappa shape index (κ1) is 17.9. The molecule has 0 unspecified atom stereocenters. The van der Waals surface area contributed by atoms with Crippen LogP contribution in [-0.4, -0.2) is 64.5 Å². The number of hydrogen-bond donors (Lipinski definition) is 2. The lowest BCUT2D eigenvalue weighted by Gasteiger charge is -2.38. The standard InChI is InChI=1S/C19H27N3O3/c20-19(25)17-12-16(23)13-22(17)15-8-10-21(11-9-15)18(24)7-6-14-4-2-1-3-5-14/h1-5,15-17,23H,6-13H2,(H2,20,25)/t16-,17+/m1/s1. The second-order valence-electron chi connectivity index (χ2n) is 7.10. The summed E-state index contributed by atoms with van der Waals surface area (Å²) in [5.74, 6) is -0.173. The Hall–Kier alpha value is -1.92. The molecule has 1 aromatic carbocycles. The largest absolute Gasteiger partial charge is 0.392 e. The van der Waals surface area contributed by atoms with Gasteiger partial charge in [0.1, 0.15) is 0 Å². The highest BCUT2D eigenvalue weighted by atomic mass is 16.3. The molecule has 2 heterocycles. The van der Waals surface area contributed by atoms with Crippen LogP contribution in [0.25, 0.3) is 0 Å². The van der Waals surface area contributed by atoms with Crippen molar-refractivity contribution in [1.29, 1.82) is 0 Å². The van der Waals surface area contributed by atoms with Gasteiger partial charge in [0, 0.05) is 32.1 Å². The maximum absolute atomic E-state index is 12.4. The number of nitrogens with zero attached hydrogens (tertiary/aromatic N) is 2. The number of β-amino-alcohol motifs (C(OH)–C–C–N with tert-alkyl or cyclic N) is 1. The second kappa shape index (κ2) is 7.97. The molecule has 2 aliphatic rings. The average Bonchev–Trinajstić information content (AvgIpc) is 3.03. The van der Waals surface area contributed by atoms with Gasteiger partial charge in [-0.15, -0.1) is 0 Å². The molecule has 6 nitrogen and oxygen atoms in total. The van der Waals surface area contributed by atoms with Gasteiger partial charge in [-0.1, -0.05) is 30.3 Å². The van der Waals surface area contributed by atoms with Gasteiger partial charge in [0.25, 0.3) is 0 Å². The lowest BCUT2D eigenvalue weighted by molar-refractivity contribution is -0.133. The van der Waals surface area contributed by atoms with Crippen LogP contribution in [0.1, 0.15) is 31.2 Å². The van der Waals surface area contributed by atoms with E-state index in [9.17, 15) is 14.7 Å². The minimum atomic E-state index is -0.483. The Bertz CT molecular complexity index is 599. The summed E-state index contributed by atoms with van der Waals surface area (Å²) in [4.78, 5) is 28.0. The maximum Gasteiger partial charge on any atom is 0.234 e. The third-order valence-corrected chi connectivity index (χ3v) is 5.40. The third kappa shape index (κ3) is 4.38. The minimum absolute atomic E-state index is 0.190.